The van der Waals surface area contributed by atoms with Crippen LogP contribution in [0.5, 0.6) is 0 Å². The van der Waals surface area contributed by atoms with Gasteiger partial charge in [0.2, 0.25) is 0 Å². The van der Waals surface area contributed by atoms with E-state index in [9.17, 15) is 4.39 Å². The van der Waals surface area contributed by atoms with E-state index in [1.54, 1.807) is 14.0 Å². The fourth-order valence-corrected chi connectivity index (χ4v) is 2.93. The van der Waals surface area contributed by atoms with Gasteiger partial charge in [-0.1, -0.05) is 46.6 Å². The number of aliphatic imine (C=N–C) groups is 1. The fraction of sp³-hybridized carbons (Fsp3) is 0.263. The van der Waals surface area contributed by atoms with Crippen LogP contribution < -0.4 is 5.48 Å². The van der Waals surface area contributed by atoms with Crippen molar-refractivity contribution in [3.05, 3.63) is 68.4 Å². The maximum absolute atomic E-state index is 13.5. The van der Waals surface area contributed by atoms with Gasteiger partial charge in [0, 0.05) is 23.7 Å². The molecule has 2 rings (SSSR count). The van der Waals surface area contributed by atoms with Gasteiger partial charge >= 0.3 is 0 Å². The zero-order chi connectivity index (χ0) is 20.0. The summed E-state index contributed by atoms with van der Waals surface area (Å²) >= 11 is 11.7. The Morgan fingerprint density at radius 2 is 1.89 bits per heavy atom. The highest BCUT2D eigenvalue weighted by Gasteiger charge is 2.13. The van der Waals surface area contributed by atoms with Crippen LogP contribution in [-0.4, -0.2) is 25.7 Å². The molecule has 0 fully saturated rings. The maximum Gasteiger partial charge on any atom is 0.160 e. The highest BCUT2D eigenvalue weighted by Crippen LogP contribution is 2.25. The van der Waals surface area contributed by atoms with Crippen molar-refractivity contribution in [1.82, 2.24) is 5.48 Å². The molecule has 0 bridgehead atoms. The molecule has 0 aliphatic carbocycles. The van der Waals surface area contributed by atoms with Gasteiger partial charge in [-0.3, -0.25) is 9.83 Å². The molecule has 2 aromatic carbocycles. The van der Waals surface area contributed by atoms with E-state index < -0.39 is 5.82 Å². The van der Waals surface area contributed by atoms with Crippen LogP contribution in [-0.2, 0) is 16.3 Å². The van der Waals surface area contributed by atoms with Crippen LogP contribution in [0.3, 0.4) is 0 Å². The Labute approximate surface area is 167 Å². The predicted octanol–water partition coefficient (Wildman–Crippen LogP) is 4.91. The van der Waals surface area contributed by atoms with Crippen LogP contribution in [0.15, 0.2) is 40.5 Å². The fourth-order valence-electron chi connectivity index (χ4n) is 2.44. The Balaban J connectivity index is 2.23. The summed E-state index contributed by atoms with van der Waals surface area (Å²) in [6.07, 6.45) is 0. The van der Waals surface area contributed by atoms with E-state index in [-0.39, 0.29) is 16.7 Å². The molecule has 144 valence electrons. The van der Waals surface area contributed by atoms with Gasteiger partial charge in [0.15, 0.2) is 11.7 Å². The average Bonchev–Trinajstić information content (AvgIpc) is 2.65. The molecule has 0 saturated carbocycles. The number of aryl methyl sites for hydroxylation is 1. The number of amidine groups is 1. The quantitative estimate of drug-likeness (QED) is 0.318. The lowest BCUT2D eigenvalue weighted by Crippen LogP contribution is -2.24. The molecule has 5 nitrogen and oxygen atoms in total. The predicted molar refractivity (Wildman–Crippen MR) is 107 cm³/mol. The molecule has 0 spiro atoms. The van der Waals surface area contributed by atoms with Crippen LogP contribution in [0, 0.1) is 12.7 Å². The Kier molecular flexibility index (Phi) is 7.59. The van der Waals surface area contributed by atoms with Gasteiger partial charge in [0.05, 0.1) is 22.9 Å². The number of halogens is 3. The van der Waals surface area contributed by atoms with Crippen molar-refractivity contribution in [2.45, 2.75) is 20.5 Å². The van der Waals surface area contributed by atoms with E-state index in [0.29, 0.717) is 17.1 Å². The molecule has 8 heteroatoms. The molecule has 0 atom stereocenters. The molecule has 0 amide bonds. The second kappa shape index (κ2) is 9.69. The molecule has 0 saturated heterocycles. The largest absolute Gasteiger partial charge is 0.391 e. The van der Waals surface area contributed by atoms with E-state index in [1.165, 1.54) is 19.2 Å². The average molecular weight is 412 g/mol. The molecule has 0 aromatic heterocycles. The van der Waals surface area contributed by atoms with E-state index in [2.05, 4.69) is 15.6 Å². The van der Waals surface area contributed by atoms with Gasteiger partial charge in [0.1, 0.15) is 6.61 Å². The monoisotopic (exact) mass is 411 g/mol. The zero-order valence-corrected chi connectivity index (χ0v) is 17.0. The lowest BCUT2D eigenvalue weighted by atomic mass is 10.0. The van der Waals surface area contributed by atoms with Crippen molar-refractivity contribution in [3.63, 3.8) is 0 Å². The van der Waals surface area contributed by atoms with Crippen LogP contribution in [0.2, 0.25) is 10.0 Å². The van der Waals surface area contributed by atoms with Crippen molar-refractivity contribution in [3.8, 4) is 0 Å². The smallest absolute Gasteiger partial charge is 0.160 e. The van der Waals surface area contributed by atoms with Gasteiger partial charge in [-0.05, 0) is 31.5 Å². The van der Waals surface area contributed by atoms with E-state index in [0.717, 1.165) is 16.7 Å². The summed E-state index contributed by atoms with van der Waals surface area (Å²) < 4.78 is 13.5. The molecule has 0 aliphatic heterocycles. The number of rotatable bonds is 6. The topological polar surface area (TPSA) is 55.2 Å². The number of hydroxylamine groups is 1. The minimum Gasteiger partial charge on any atom is -0.391 e. The summed E-state index contributed by atoms with van der Waals surface area (Å²) in [7, 11) is 3.18. The Morgan fingerprint density at radius 1 is 1.22 bits per heavy atom. The summed E-state index contributed by atoms with van der Waals surface area (Å²) in [5.74, 6) is -0.0741. The van der Waals surface area contributed by atoms with Crippen molar-refractivity contribution in [2.75, 3.05) is 14.2 Å². The van der Waals surface area contributed by atoms with Gasteiger partial charge in [-0.2, -0.15) is 0 Å². The van der Waals surface area contributed by atoms with Crippen molar-refractivity contribution < 1.29 is 14.1 Å². The molecule has 0 heterocycles. The molecular weight excluding hydrogens is 392 g/mol. The standard InChI is InChI=1S/C19H20Cl2FN3O2/c1-11-6-5-7-14(19(23-3)25-26-4)15(11)10-27-24-12(2)13-8-16(20)18(22)17(21)9-13/h5-9H,10H2,1-4H3,(H,23,25)/b24-12+. The summed E-state index contributed by atoms with van der Waals surface area (Å²) in [5.41, 5.74) is 6.63. The first kappa shape index (κ1) is 21.2. The number of oxime groups is 1. The molecule has 2 aromatic rings. The van der Waals surface area contributed by atoms with Crippen LogP contribution in [0.25, 0.3) is 0 Å². The first-order valence-corrected chi connectivity index (χ1v) is 8.80. The molecule has 0 radical (unpaired) electrons. The molecule has 1 N–H and O–H groups in total. The number of nitrogens with one attached hydrogen (secondary N) is 1. The third kappa shape index (κ3) is 5.19. The summed E-state index contributed by atoms with van der Waals surface area (Å²) in [4.78, 5) is 14.7. The van der Waals surface area contributed by atoms with E-state index in [1.807, 2.05) is 25.1 Å². The van der Waals surface area contributed by atoms with E-state index in [4.69, 9.17) is 32.9 Å². The number of nitrogens with zero attached hydrogens (tertiary/aromatic N) is 2. The third-order valence-electron chi connectivity index (χ3n) is 3.90. The van der Waals surface area contributed by atoms with Gasteiger partial charge in [0.25, 0.3) is 0 Å². The van der Waals surface area contributed by atoms with Crippen molar-refractivity contribution >= 4 is 34.7 Å². The molecule has 0 aliphatic rings. The number of benzene rings is 2. The normalized spacial score (nSPS) is 12.3. The third-order valence-corrected chi connectivity index (χ3v) is 4.45. The number of hydrogen-bond donors (Lipinski definition) is 1. The zero-order valence-electron chi connectivity index (χ0n) is 15.4. The van der Waals surface area contributed by atoms with Crippen molar-refractivity contribution in [1.29, 1.82) is 0 Å². The molecular formula is C19H20Cl2FN3O2. The Morgan fingerprint density at radius 3 is 2.48 bits per heavy atom. The Bertz CT molecular complexity index is 862. The minimum absolute atomic E-state index is 0.0670. The first-order valence-electron chi connectivity index (χ1n) is 8.05. The molecule has 27 heavy (non-hydrogen) atoms. The summed E-state index contributed by atoms with van der Waals surface area (Å²) in [5, 5.41) is 3.97. The highest BCUT2D eigenvalue weighted by atomic mass is 35.5. The molecule has 0 unspecified atom stereocenters. The Hall–Kier alpha value is -2.15. The first-order chi connectivity index (χ1) is 12.9. The lowest BCUT2D eigenvalue weighted by Gasteiger charge is -2.14. The van der Waals surface area contributed by atoms with Crippen LogP contribution in [0.4, 0.5) is 4.39 Å². The minimum atomic E-state index is -0.655. The highest BCUT2D eigenvalue weighted by molar-refractivity contribution is 6.35. The van der Waals surface area contributed by atoms with Gasteiger partial charge < -0.3 is 4.84 Å². The van der Waals surface area contributed by atoms with E-state index >= 15 is 0 Å². The SMILES string of the molecule is CN=C(NOC)c1cccc(C)c1CO/N=C(\C)c1cc(Cl)c(F)c(Cl)c1. The lowest BCUT2D eigenvalue weighted by molar-refractivity contribution is 0.129. The second-order valence-electron chi connectivity index (χ2n) is 5.68. The van der Waals surface area contributed by atoms with Gasteiger partial charge in [-0.15, -0.1) is 0 Å². The van der Waals surface area contributed by atoms with Crippen LogP contribution in [0.1, 0.15) is 29.2 Å². The number of hydrogen-bond acceptors (Lipinski definition) is 4. The van der Waals surface area contributed by atoms with Crippen LogP contribution >= 0.6 is 23.2 Å². The van der Waals surface area contributed by atoms with Gasteiger partial charge in [-0.25, -0.2) is 9.87 Å². The summed E-state index contributed by atoms with van der Waals surface area (Å²) in [6, 6.07) is 8.71. The van der Waals surface area contributed by atoms with Crippen molar-refractivity contribution in [2.24, 2.45) is 10.1 Å². The maximum atomic E-state index is 13.5. The second-order valence-corrected chi connectivity index (χ2v) is 6.50. The summed E-state index contributed by atoms with van der Waals surface area (Å²) in [6.45, 7) is 3.91.